The van der Waals surface area contributed by atoms with Crippen molar-refractivity contribution in [2.24, 2.45) is 0 Å². The Morgan fingerprint density at radius 3 is 2.63 bits per heavy atom. The lowest BCUT2D eigenvalue weighted by Crippen LogP contribution is -2.37. The van der Waals surface area contributed by atoms with E-state index in [1.165, 1.54) is 12.1 Å². The smallest absolute Gasteiger partial charge is 0.222 e. The summed E-state index contributed by atoms with van der Waals surface area (Å²) in [5, 5.41) is 3.34. The fourth-order valence-electron chi connectivity index (χ4n) is 4.73. The Labute approximate surface area is 239 Å². The van der Waals surface area contributed by atoms with E-state index in [0.29, 0.717) is 41.5 Å². The van der Waals surface area contributed by atoms with Crippen molar-refractivity contribution in [2.45, 2.75) is 20.0 Å². The lowest BCUT2D eigenvalue weighted by molar-refractivity contribution is 0.0378. The van der Waals surface area contributed by atoms with Crippen LogP contribution in [0.25, 0.3) is 11.3 Å². The van der Waals surface area contributed by atoms with Crippen molar-refractivity contribution in [2.75, 3.05) is 50.4 Å². The number of ether oxygens (including phenoxy) is 2. The fraction of sp³-hybridized carbons (Fsp3) is 0.281. The number of nitrogens with zero attached hydrogens (tertiary/aromatic N) is 3. The van der Waals surface area contributed by atoms with Gasteiger partial charge in [0.15, 0.2) is 5.78 Å². The highest BCUT2D eigenvalue weighted by Gasteiger charge is 2.19. The molecule has 0 atom stereocenters. The predicted octanol–water partition coefficient (Wildman–Crippen LogP) is 5.12. The molecule has 2 heterocycles. The SMILES string of the molecule is Cc1ccc(C(=O)c2ccc(OCc3ccccc3)c(-c3cc(NCCCN4CCOCC4)nc(N)n3)c2)c(F)c1. The Hall–Kier alpha value is -4.34. The maximum absolute atomic E-state index is 14.7. The number of rotatable bonds is 11. The number of carbonyl (C=O) groups is 1. The van der Waals surface area contributed by atoms with E-state index in [0.717, 1.165) is 50.4 Å². The third kappa shape index (κ3) is 7.45. The number of hydrogen-bond donors (Lipinski definition) is 2. The number of aryl methyl sites for hydroxylation is 1. The van der Waals surface area contributed by atoms with Gasteiger partial charge in [-0.05, 0) is 61.3 Å². The summed E-state index contributed by atoms with van der Waals surface area (Å²) in [6, 6.07) is 21.2. The summed E-state index contributed by atoms with van der Waals surface area (Å²) in [7, 11) is 0. The van der Waals surface area contributed by atoms with Crippen molar-refractivity contribution < 1.29 is 18.7 Å². The van der Waals surface area contributed by atoms with Gasteiger partial charge in [-0.15, -0.1) is 0 Å². The number of nitrogens with two attached hydrogens (primary N) is 1. The van der Waals surface area contributed by atoms with Crippen LogP contribution in [0.2, 0.25) is 0 Å². The second-order valence-corrected chi connectivity index (χ2v) is 10.0. The van der Waals surface area contributed by atoms with Crippen molar-refractivity contribution in [3.8, 4) is 17.0 Å². The highest BCUT2D eigenvalue weighted by atomic mass is 19.1. The van der Waals surface area contributed by atoms with Crippen molar-refractivity contribution in [3.63, 3.8) is 0 Å². The van der Waals surface area contributed by atoms with Crippen LogP contribution in [0, 0.1) is 12.7 Å². The molecule has 0 bridgehead atoms. The van der Waals surface area contributed by atoms with Crippen LogP contribution >= 0.6 is 0 Å². The molecule has 5 rings (SSSR count). The summed E-state index contributed by atoms with van der Waals surface area (Å²) in [6.07, 6.45) is 0.927. The molecule has 0 amide bonds. The average molecular weight is 556 g/mol. The molecule has 9 heteroatoms. The minimum atomic E-state index is -0.559. The van der Waals surface area contributed by atoms with Gasteiger partial charge in [0.1, 0.15) is 24.0 Å². The van der Waals surface area contributed by atoms with E-state index < -0.39 is 11.6 Å². The molecule has 212 valence electrons. The zero-order chi connectivity index (χ0) is 28.6. The van der Waals surface area contributed by atoms with Gasteiger partial charge in [-0.1, -0.05) is 36.4 Å². The van der Waals surface area contributed by atoms with Gasteiger partial charge < -0.3 is 20.5 Å². The molecule has 1 fully saturated rings. The summed E-state index contributed by atoms with van der Waals surface area (Å²) < 4.78 is 26.3. The van der Waals surface area contributed by atoms with E-state index in [9.17, 15) is 9.18 Å². The van der Waals surface area contributed by atoms with E-state index >= 15 is 0 Å². The Morgan fingerprint density at radius 2 is 1.85 bits per heavy atom. The Balaban J connectivity index is 1.41. The Kier molecular flexibility index (Phi) is 9.18. The van der Waals surface area contributed by atoms with Crippen molar-refractivity contribution in [1.29, 1.82) is 0 Å². The van der Waals surface area contributed by atoms with Crippen LogP contribution in [0.5, 0.6) is 5.75 Å². The number of carbonyl (C=O) groups excluding carboxylic acids is 1. The Bertz CT molecular complexity index is 1490. The third-order valence-corrected chi connectivity index (χ3v) is 6.93. The maximum Gasteiger partial charge on any atom is 0.222 e. The first-order valence-corrected chi connectivity index (χ1v) is 13.8. The van der Waals surface area contributed by atoms with Crippen LogP contribution in [0.3, 0.4) is 0 Å². The summed E-state index contributed by atoms with van der Waals surface area (Å²) >= 11 is 0. The molecule has 0 spiro atoms. The monoisotopic (exact) mass is 555 g/mol. The fourth-order valence-corrected chi connectivity index (χ4v) is 4.73. The van der Waals surface area contributed by atoms with E-state index in [2.05, 4.69) is 20.2 Å². The number of aromatic nitrogens is 2. The first kappa shape index (κ1) is 28.2. The molecule has 1 saturated heterocycles. The molecule has 1 aliphatic rings. The molecule has 0 radical (unpaired) electrons. The van der Waals surface area contributed by atoms with Gasteiger partial charge in [-0.2, -0.15) is 4.98 Å². The lowest BCUT2D eigenvalue weighted by Gasteiger charge is -2.26. The number of nitrogens with one attached hydrogen (secondary N) is 1. The van der Waals surface area contributed by atoms with Gasteiger partial charge in [0, 0.05) is 36.8 Å². The summed E-state index contributed by atoms with van der Waals surface area (Å²) in [6.45, 7) is 7.19. The minimum Gasteiger partial charge on any atom is -0.488 e. The number of ketones is 1. The van der Waals surface area contributed by atoms with Crippen LogP contribution in [0.15, 0.2) is 72.8 Å². The second-order valence-electron chi connectivity index (χ2n) is 10.0. The standard InChI is InChI=1S/C32H34FN5O3/c1-22-8-10-25(27(33)18-22)31(39)24-9-11-29(41-21-23-6-3-2-4-7-23)26(19-24)28-20-30(37-32(34)36-28)35-12-5-13-38-14-16-40-17-15-38/h2-4,6-11,18-20H,5,12-17,21H2,1H3,(H3,34,35,36,37). The number of morpholine rings is 1. The highest BCUT2D eigenvalue weighted by Crippen LogP contribution is 2.33. The van der Waals surface area contributed by atoms with Gasteiger partial charge >= 0.3 is 0 Å². The normalized spacial score (nSPS) is 13.6. The van der Waals surface area contributed by atoms with Crippen LogP contribution < -0.4 is 15.8 Å². The molecule has 3 N–H and O–H groups in total. The highest BCUT2D eigenvalue weighted by molar-refractivity contribution is 6.10. The predicted molar refractivity (Wildman–Crippen MR) is 158 cm³/mol. The van der Waals surface area contributed by atoms with Crippen molar-refractivity contribution >= 4 is 17.5 Å². The largest absolute Gasteiger partial charge is 0.488 e. The summed E-state index contributed by atoms with van der Waals surface area (Å²) in [4.78, 5) is 24.5. The molecule has 41 heavy (non-hydrogen) atoms. The first-order chi connectivity index (χ1) is 20.0. The van der Waals surface area contributed by atoms with Crippen LogP contribution in [-0.2, 0) is 11.3 Å². The maximum atomic E-state index is 14.7. The average Bonchev–Trinajstić information content (AvgIpc) is 2.99. The topological polar surface area (TPSA) is 103 Å². The first-order valence-electron chi connectivity index (χ1n) is 13.8. The zero-order valence-corrected chi connectivity index (χ0v) is 23.1. The van der Waals surface area contributed by atoms with Crippen LogP contribution in [0.1, 0.15) is 33.5 Å². The van der Waals surface area contributed by atoms with Gasteiger partial charge in [-0.3, -0.25) is 9.69 Å². The number of hydrogen-bond acceptors (Lipinski definition) is 8. The number of anilines is 2. The summed E-state index contributed by atoms with van der Waals surface area (Å²) in [5.74, 6) is 0.196. The third-order valence-electron chi connectivity index (χ3n) is 6.93. The molecule has 1 aromatic heterocycles. The number of nitrogen functional groups attached to an aromatic ring is 1. The molecule has 0 saturated carbocycles. The van der Waals surface area contributed by atoms with Crippen LogP contribution in [0.4, 0.5) is 16.2 Å². The van der Waals surface area contributed by atoms with Gasteiger partial charge in [0.05, 0.1) is 24.5 Å². The molecule has 4 aromatic rings. The molecule has 3 aromatic carbocycles. The van der Waals surface area contributed by atoms with Crippen molar-refractivity contribution in [1.82, 2.24) is 14.9 Å². The lowest BCUT2D eigenvalue weighted by atomic mass is 9.98. The molecular weight excluding hydrogens is 521 g/mol. The molecular formula is C32H34FN5O3. The number of benzene rings is 3. The van der Waals surface area contributed by atoms with Gasteiger partial charge in [-0.25, -0.2) is 9.37 Å². The molecule has 1 aliphatic heterocycles. The van der Waals surface area contributed by atoms with Gasteiger partial charge in [0.2, 0.25) is 5.95 Å². The quantitative estimate of drug-likeness (QED) is 0.194. The van der Waals surface area contributed by atoms with Crippen LogP contribution in [-0.4, -0.2) is 60.0 Å². The second kappa shape index (κ2) is 13.3. The van der Waals surface area contributed by atoms with E-state index in [1.54, 1.807) is 37.3 Å². The van der Waals surface area contributed by atoms with E-state index in [1.807, 2.05) is 30.3 Å². The number of halogens is 1. The molecule has 0 aliphatic carbocycles. The molecule has 0 unspecified atom stereocenters. The van der Waals surface area contributed by atoms with Crippen molar-refractivity contribution in [3.05, 3.63) is 101 Å². The van der Waals surface area contributed by atoms with E-state index in [4.69, 9.17) is 15.2 Å². The summed E-state index contributed by atoms with van der Waals surface area (Å²) in [5.41, 5.74) is 9.22. The minimum absolute atomic E-state index is 0.00401. The zero-order valence-electron chi connectivity index (χ0n) is 23.1. The van der Waals surface area contributed by atoms with Gasteiger partial charge in [0.25, 0.3) is 0 Å². The Morgan fingerprint density at radius 1 is 1.05 bits per heavy atom. The van der Waals surface area contributed by atoms with E-state index in [-0.39, 0.29) is 11.5 Å². The molecule has 8 nitrogen and oxygen atoms in total.